The van der Waals surface area contributed by atoms with Crippen LogP contribution in [-0.4, -0.2) is 23.3 Å². The van der Waals surface area contributed by atoms with Crippen molar-refractivity contribution in [2.75, 3.05) is 11.5 Å². The summed E-state index contributed by atoms with van der Waals surface area (Å²) in [6, 6.07) is 1.98. The van der Waals surface area contributed by atoms with E-state index in [2.05, 4.69) is 21.2 Å². The monoisotopic (exact) mass is 336 g/mol. The van der Waals surface area contributed by atoms with Crippen molar-refractivity contribution in [1.29, 1.82) is 0 Å². The van der Waals surface area contributed by atoms with Crippen molar-refractivity contribution < 1.29 is 9.59 Å². The molecule has 0 unspecified atom stereocenters. The highest BCUT2D eigenvalue weighted by Crippen LogP contribution is 2.20. The Kier molecular flexibility index (Phi) is 6.61. The van der Waals surface area contributed by atoms with Crippen LogP contribution in [0.2, 0.25) is 0 Å². The molecule has 1 heterocycles. The third-order valence-electron chi connectivity index (χ3n) is 1.83. The first-order chi connectivity index (χ1) is 8.08. The second kappa shape index (κ2) is 7.73. The smallest absolute Gasteiger partial charge is 0.227 e. The summed E-state index contributed by atoms with van der Waals surface area (Å²) >= 11 is 6.33. The third-order valence-corrected chi connectivity index (χ3v) is 4.36. The zero-order chi connectivity index (χ0) is 12.7. The van der Waals surface area contributed by atoms with Crippen molar-refractivity contribution in [3.63, 3.8) is 0 Å². The van der Waals surface area contributed by atoms with Gasteiger partial charge in [-0.25, -0.2) is 0 Å². The topological polar surface area (TPSA) is 72.2 Å². The van der Waals surface area contributed by atoms with Crippen LogP contribution in [0.25, 0.3) is 0 Å². The summed E-state index contributed by atoms with van der Waals surface area (Å²) in [7, 11) is 0. The van der Waals surface area contributed by atoms with Crippen molar-refractivity contribution in [2.24, 2.45) is 5.73 Å². The number of hydrogen-bond donors (Lipinski definition) is 2. The van der Waals surface area contributed by atoms with Crippen LogP contribution in [0.15, 0.2) is 15.2 Å². The molecule has 0 aliphatic carbocycles. The number of thioether (sulfide) groups is 1. The quantitative estimate of drug-likeness (QED) is 0.745. The molecule has 3 N–H and O–H groups in total. The molecule has 0 aliphatic heterocycles. The lowest BCUT2D eigenvalue weighted by atomic mass is 10.3. The average Bonchev–Trinajstić information content (AvgIpc) is 2.67. The number of hydrogen-bond acceptors (Lipinski definition) is 4. The zero-order valence-corrected chi connectivity index (χ0v) is 12.3. The molecule has 0 saturated carbocycles. The van der Waals surface area contributed by atoms with E-state index in [9.17, 15) is 9.59 Å². The summed E-state index contributed by atoms with van der Waals surface area (Å²) in [5.41, 5.74) is 6.07. The Hall–Kier alpha value is -0.530. The van der Waals surface area contributed by atoms with Crippen molar-refractivity contribution in [3.8, 4) is 0 Å². The largest absolute Gasteiger partial charge is 0.369 e. The van der Waals surface area contributed by atoms with Crippen LogP contribution >= 0.6 is 39.0 Å². The summed E-state index contributed by atoms with van der Waals surface area (Å²) in [4.78, 5) is 21.9. The van der Waals surface area contributed by atoms with E-state index in [1.54, 1.807) is 11.3 Å². The number of thiophene rings is 1. The van der Waals surface area contributed by atoms with Crippen LogP contribution in [0.1, 0.15) is 12.0 Å². The van der Waals surface area contributed by atoms with Gasteiger partial charge in [0.2, 0.25) is 11.8 Å². The Labute approximate surface area is 116 Å². The predicted octanol–water partition coefficient (Wildman–Crippen LogP) is 1.74. The van der Waals surface area contributed by atoms with E-state index < -0.39 is 0 Å². The normalized spacial score (nSPS) is 10.2. The van der Waals surface area contributed by atoms with Crippen molar-refractivity contribution in [3.05, 3.63) is 20.8 Å². The standard InChI is InChI=1S/C10H13BrN2O2S2/c11-8-3-7(5-17-8)4-13-10(15)1-2-16-6-9(12)14/h3,5H,1-2,4,6H2,(H2,12,14)(H,13,15). The minimum absolute atomic E-state index is 0.00991. The number of primary amides is 1. The summed E-state index contributed by atoms with van der Waals surface area (Å²) in [5.74, 6) is 0.523. The Morgan fingerprint density at radius 3 is 2.88 bits per heavy atom. The van der Waals surface area contributed by atoms with Crippen molar-refractivity contribution >= 4 is 50.8 Å². The molecule has 1 aromatic rings. The van der Waals surface area contributed by atoms with Gasteiger partial charge in [0.05, 0.1) is 9.54 Å². The number of amides is 2. The molecular formula is C10H13BrN2O2S2. The minimum atomic E-state index is -0.349. The summed E-state index contributed by atoms with van der Waals surface area (Å²) in [6.07, 6.45) is 0.406. The Morgan fingerprint density at radius 2 is 2.29 bits per heavy atom. The fraction of sp³-hybridized carbons (Fsp3) is 0.400. The van der Waals surface area contributed by atoms with Gasteiger partial charge >= 0.3 is 0 Å². The van der Waals surface area contributed by atoms with Gasteiger partial charge in [-0.05, 0) is 32.9 Å². The Balaban J connectivity index is 2.11. The predicted molar refractivity (Wildman–Crippen MR) is 75.0 cm³/mol. The lowest BCUT2D eigenvalue weighted by Crippen LogP contribution is -2.23. The number of halogens is 1. The highest BCUT2D eigenvalue weighted by atomic mass is 79.9. The summed E-state index contributed by atoms with van der Waals surface area (Å²) < 4.78 is 1.05. The van der Waals surface area contributed by atoms with Gasteiger partial charge < -0.3 is 11.1 Å². The van der Waals surface area contributed by atoms with Gasteiger partial charge in [-0.15, -0.1) is 11.3 Å². The molecule has 0 aliphatic rings. The van der Waals surface area contributed by atoms with Crippen LogP contribution < -0.4 is 11.1 Å². The molecule has 7 heteroatoms. The van der Waals surface area contributed by atoms with Gasteiger partial charge in [0, 0.05) is 18.7 Å². The highest BCUT2D eigenvalue weighted by Gasteiger charge is 2.03. The Bertz CT molecular complexity index is 395. The summed E-state index contributed by atoms with van der Waals surface area (Å²) in [6.45, 7) is 0.543. The van der Waals surface area contributed by atoms with Crippen molar-refractivity contribution in [1.82, 2.24) is 5.32 Å². The molecule has 2 amide bonds. The third kappa shape index (κ3) is 6.70. The molecule has 94 valence electrons. The van der Waals surface area contributed by atoms with Crippen LogP contribution in [0.5, 0.6) is 0 Å². The number of carbonyl (C=O) groups excluding carboxylic acids is 2. The van der Waals surface area contributed by atoms with E-state index in [1.807, 2.05) is 11.4 Å². The van der Waals surface area contributed by atoms with Crippen molar-refractivity contribution in [2.45, 2.75) is 13.0 Å². The van der Waals surface area contributed by atoms with E-state index in [-0.39, 0.29) is 17.6 Å². The maximum absolute atomic E-state index is 11.4. The maximum atomic E-state index is 11.4. The molecular weight excluding hydrogens is 324 g/mol. The van der Waals surface area contributed by atoms with Crippen LogP contribution in [0, 0.1) is 0 Å². The fourth-order valence-corrected chi connectivity index (χ4v) is 2.95. The van der Waals surface area contributed by atoms with E-state index in [4.69, 9.17) is 5.73 Å². The number of nitrogens with one attached hydrogen (secondary N) is 1. The Morgan fingerprint density at radius 1 is 1.53 bits per heavy atom. The lowest BCUT2D eigenvalue weighted by Gasteiger charge is -2.03. The fourth-order valence-electron chi connectivity index (χ4n) is 1.07. The first-order valence-corrected chi connectivity index (χ1v) is 7.76. The SMILES string of the molecule is NC(=O)CSCCC(=O)NCc1csc(Br)c1. The van der Waals surface area contributed by atoms with Crippen LogP contribution in [0.3, 0.4) is 0 Å². The number of rotatable bonds is 7. The molecule has 1 aromatic heterocycles. The van der Waals surface area contributed by atoms with Gasteiger partial charge in [-0.2, -0.15) is 11.8 Å². The molecule has 0 spiro atoms. The van der Waals surface area contributed by atoms with Gasteiger partial charge in [0.25, 0.3) is 0 Å². The molecule has 0 saturated heterocycles. The molecule has 1 rings (SSSR count). The minimum Gasteiger partial charge on any atom is -0.369 e. The summed E-state index contributed by atoms with van der Waals surface area (Å²) in [5, 5.41) is 4.81. The molecule has 0 radical (unpaired) electrons. The molecule has 0 fully saturated rings. The highest BCUT2D eigenvalue weighted by molar-refractivity contribution is 9.11. The van der Waals surface area contributed by atoms with E-state index in [1.165, 1.54) is 11.8 Å². The zero-order valence-electron chi connectivity index (χ0n) is 9.07. The van der Waals surface area contributed by atoms with Crippen LogP contribution in [0.4, 0.5) is 0 Å². The molecule has 0 bridgehead atoms. The number of nitrogens with two attached hydrogens (primary N) is 1. The molecule has 4 nitrogen and oxygen atoms in total. The van der Waals surface area contributed by atoms with Gasteiger partial charge in [-0.3, -0.25) is 9.59 Å². The number of carbonyl (C=O) groups is 2. The van der Waals surface area contributed by atoms with E-state index in [0.717, 1.165) is 9.35 Å². The first kappa shape index (κ1) is 14.5. The first-order valence-electron chi connectivity index (χ1n) is 4.93. The second-order valence-corrected chi connectivity index (χ2v) is 6.70. The lowest BCUT2D eigenvalue weighted by molar-refractivity contribution is -0.121. The van der Waals surface area contributed by atoms with Crippen LogP contribution in [-0.2, 0) is 16.1 Å². The average molecular weight is 337 g/mol. The van der Waals surface area contributed by atoms with Gasteiger partial charge in [-0.1, -0.05) is 0 Å². The van der Waals surface area contributed by atoms with Gasteiger partial charge in [0.15, 0.2) is 0 Å². The maximum Gasteiger partial charge on any atom is 0.227 e. The van der Waals surface area contributed by atoms with E-state index in [0.29, 0.717) is 18.7 Å². The molecule has 0 atom stereocenters. The molecule has 0 aromatic carbocycles. The second-order valence-electron chi connectivity index (χ2n) is 3.30. The molecule has 17 heavy (non-hydrogen) atoms. The van der Waals surface area contributed by atoms with Gasteiger partial charge in [0.1, 0.15) is 0 Å². The van der Waals surface area contributed by atoms with E-state index >= 15 is 0 Å².